The standard InChI is InChI=1S/C17H22N2O.2C2H6.Y.2H2/c1-3-13(2)14-8-7-11-16(12-14)19-17(20)18-15-9-5-4-6-10-15;2*1-2;;;/h5,7-13H,3-4,6H2,1-2H3,(H2,18,19,20);2*1-2H3;;2*1H. The van der Waals surface area contributed by atoms with Crippen LogP contribution in [-0.2, 0) is 32.7 Å². The molecule has 1 aromatic carbocycles. The van der Waals surface area contributed by atoms with Crippen LogP contribution in [0.1, 0.15) is 75.1 Å². The normalized spacial score (nSPS) is 12.8. The summed E-state index contributed by atoms with van der Waals surface area (Å²) in [7, 11) is 0. The average molecular weight is 423 g/mol. The van der Waals surface area contributed by atoms with Crippen molar-refractivity contribution in [2.75, 3.05) is 5.32 Å². The maximum absolute atomic E-state index is 11.9. The first kappa shape index (κ1) is 26.3. The minimum atomic E-state index is -0.191. The van der Waals surface area contributed by atoms with Gasteiger partial charge in [0.2, 0.25) is 0 Å². The molecule has 1 radical (unpaired) electrons. The number of anilines is 1. The summed E-state index contributed by atoms with van der Waals surface area (Å²) >= 11 is 0. The van der Waals surface area contributed by atoms with Crippen molar-refractivity contribution in [3.05, 3.63) is 53.8 Å². The number of amides is 2. The van der Waals surface area contributed by atoms with Gasteiger partial charge in [-0.2, -0.15) is 0 Å². The van der Waals surface area contributed by atoms with Gasteiger partial charge >= 0.3 is 6.03 Å². The Labute approximate surface area is 182 Å². The van der Waals surface area contributed by atoms with E-state index >= 15 is 0 Å². The summed E-state index contributed by atoms with van der Waals surface area (Å²) in [6.45, 7) is 12.4. The Morgan fingerprint density at radius 3 is 2.40 bits per heavy atom. The zero-order valence-corrected chi connectivity index (χ0v) is 19.6. The van der Waals surface area contributed by atoms with Gasteiger partial charge in [0.05, 0.1) is 0 Å². The SMILES string of the molecule is CC.CC.CCC(C)c1cccc(NC(=O)NC2=CCCC=C2)c1.[HH].[HH].[Y]. The van der Waals surface area contributed by atoms with Gasteiger partial charge in [-0.3, -0.25) is 0 Å². The molecule has 25 heavy (non-hydrogen) atoms. The van der Waals surface area contributed by atoms with Crippen LogP contribution >= 0.6 is 0 Å². The summed E-state index contributed by atoms with van der Waals surface area (Å²) in [5, 5.41) is 5.74. The summed E-state index contributed by atoms with van der Waals surface area (Å²) in [6.07, 6.45) is 9.17. The quantitative estimate of drug-likeness (QED) is 0.533. The fourth-order valence-corrected chi connectivity index (χ4v) is 2.16. The predicted octanol–water partition coefficient (Wildman–Crippen LogP) is 7.10. The monoisotopic (exact) mass is 423 g/mol. The molecule has 0 aliphatic heterocycles. The Morgan fingerprint density at radius 2 is 1.84 bits per heavy atom. The second-order valence-corrected chi connectivity index (χ2v) is 5.15. The van der Waals surface area contributed by atoms with Crippen molar-refractivity contribution in [1.82, 2.24) is 5.32 Å². The molecule has 0 spiro atoms. The zero-order chi connectivity index (χ0) is 18.4. The fourth-order valence-electron chi connectivity index (χ4n) is 2.16. The van der Waals surface area contributed by atoms with E-state index in [1.54, 1.807) is 0 Å². The van der Waals surface area contributed by atoms with Crippen LogP contribution in [0.4, 0.5) is 10.5 Å². The molecule has 1 atom stereocenters. The minimum absolute atomic E-state index is 0. The summed E-state index contributed by atoms with van der Waals surface area (Å²) in [5.41, 5.74) is 2.95. The molecular weight excluding hydrogens is 385 g/mol. The first-order valence-corrected chi connectivity index (χ1v) is 9.23. The number of benzene rings is 1. The number of nitrogens with one attached hydrogen (secondary N) is 2. The van der Waals surface area contributed by atoms with Crippen molar-refractivity contribution < 1.29 is 40.4 Å². The summed E-state index contributed by atoms with van der Waals surface area (Å²) in [4.78, 5) is 11.9. The number of allylic oxidation sites excluding steroid dienone is 3. The predicted molar refractivity (Wildman–Crippen MR) is 111 cm³/mol. The van der Waals surface area contributed by atoms with E-state index in [-0.39, 0.29) is 41.6 Å². The number of hydrogen-bond donors (Lipinski definition) is 2. The molecule has 0 fully saturated rings. The summed E-state index contributed by atoms with van der Waals surface area (Å²) in [6, 6.07) is 7.85. The van der Waals surface area contributed by atoms with Crippen LogP contribution in [0.25, 0.3) is 0 Å². The molecule has 2 rings (SSSR count). The van der Waals surface area contributed by atoms with Gasteiger partial charge < -0.3 is 10.6 Å². The van der Waals surface area contributed by atoms with Gasteiger partial charge in [-0.15, -0.1) is 0 Å². The number of rotatable bonds is 4. The van der Waals surface area contributed by atoms with Crippen LogP contribution in [0, 0.1) is 0 Å². The Morgan fingerprint density at radius 1 is 1.16 bits per heavy atom. The van der Waals surface area contributed by atoms with Crippen molar-refractivity contribution in [2.45, 2.75) is 66.7 Å². The van der Waals surface area contributed by atoms with Crippen LogP contribution in [-0.4, -0.2) is 6.03 Å². The first-order chi connectivity index (χ1) is 11.7. The van der Waals surface area contributed by atoms with Crippen molar-refractivity contribution >= 4 is 11.7 Å². The van der Waals surface area contributed by atoms with Gasteiger partial charge in [-0.05, 0) is 49.0 Å². The van der Waals surface area contributed by atoms with E-state index < -0.39 is 0 Å². The molecule has 4 heteroatoms. The number of carbonyl (C=O) groups is 1. The maximum Gasteiger partial charge on any atom is 0.323 e. The molecule has 0 saturated heterocycles. The molecular formula is C21H38N2OY. The second-order valence-electron chi connectivity index (χ2n) is 5.15. The van der Waals surface area contributed by atoms with E-state index in [0.717, 1.165) is 30.6 Å². The third-order valence-electron chi connectivity index (χ3n) is 3.58. The molecule has 1 unspecified atom stereocenters. The summed E-state index contributed by atoms with van der Waals surface area (Å²) < 4.78 is 0. The smallest absolute Gasteiger partial charge is 0.308 e. The molecule has 1 aromatic rings. The van der Waals surface area contributed by atoms with E-state index in [1.165, 1.54) is 5.56 Å². The molecule has 0 bridgehead atoms. The minimum Gasteiger partial charge on any atom is -0.308 e. The molecule has 1 aliphatic rings. The van der Waals surface area contributed by atoms with Crippen LogP contribution in [0.2, 0.25) is 0 Å². The Bertz CT molecular complexity index is 549. The second kappa shape index (κ2) is 16.5. The molecule has 2 N–H and O–H groups in total. The van der Waals surface area contributed by atoms with Gasteiger partial charge in [0.1, 0.15) is 0 Å². The molecule has 3 nitrogen and oxygen atoms in total. The third-order valence-corrected chi connectivity index (χ3v) is 3.58. The van der Waals surface area contributed by atoms with Gasteiger partial charge in [0.15, 0.2) is 0 Å². The van der Waals surface area contributed by atoms with Gasteiger partial charge in [0.25, 0.3) is 0 Å². The van der Waals surface area contributed by atoms with Gasteiger partial charge in [-0.25, -0.2) is 4.79 Å². The van der Waals surface area contributed by atoms with Crippen LogP contribution in [0.5, 0.6) is 0 Å². The average Bonchev–Trinajstić information content (AvgIpc) is 2.65. The molecule has 2 amide bonds. The van der Waals surface area contributed by atoms with Gasteiger partial charge in [-0.1, -0.05) is 65.8 Å². The van der Waals surface area contributed by atoms with Crippen LogP contribution < -0.4 is 10.6 Å². The Hall–Kier alpha value is -0.926. The number of carbonyl (C=O) groups excluding carboxylic acids is 1. The number of hydrogen-bond acceptors (Lipinski definition) is 1. The van der Waals surface area contributed by atoms with Crippen molar-refractivity contribution in [3.8, 4) is 0 Å². The number of urea groups is 1. The van der Waals surface area contributed by atoms with Crippen molar-refractivity contribution in [2.24, 2.45) is 0 Å². The Balaban J connectivity index is -0.000000354. The van der Waals surface area contributed by atoms with E-state index in [2.05, 4.69) is 36.6 Å². The Kier molecular flexibility index (Phi) is 17.4. The third kappa shape index (κ3) is 10.6. The maximum atomic E-state index is 11.9. The van der Waals surface area contributed by atoms with Crippen molar-refractivity contribution in [1.29, 1.82) is 0 Å². The molecule has 0 saturated carbocycles. The van der Waals surface area contributed by atoms with E-state index in [4.69, 9.17) is 0 Å². The molecule has 0 heterocycles. The van der Waals surface area contributed by atoms with Crippen molar-refractivity contribution in [3.63, 3.8) is 0 Å². The molecule has 0 aromatic heterocycles. The van der Waals surface area contributed by atoms with E-state index in [1.807, 2.05) is 58.0 Å². The summed E-state index contributed by atoms with van der Waals surface area (Å²) in [5.74, 6) is 0.504. The first-order valence-electron chi connectivity index (χ1n) is 9.23. The van der Waals surface area contributed by atoms with Crippen LogP contribution in [0.15, 0.2) is 48.2 Å². The zero-order valence-electron chi connectivity index (χ0n) is 16.7. The topological polar surface area (TPSA) is 41.1 Å². The van der Waals surface area contributed by atoms with E-state index in [9.17, 15) is 4.79 Å². The fraction of sp³-hybridized carbons (Fsp3) is 0.476. The largest absolute Gasteiger partial charge is 0.323 e. The van der Waals surface area contributed by atoms with Crippen LogP contribution in [0.3, 0.4) is 0 Å². The molecule has 1 aliphatic carbocycles. The van der Waals surface area contributed by atoms with E-state index in [0.29, 0.717) is 5.92 Å². The van der Waals surface area contributed by atoms with Gasteiger partial charge in [0, 0.05) is 46.9 Å². The molecule has 141 valence electrons.